The summed E-state index contributed by atoms with van der Waals surface area (Å²) in [7, 11) is 1.60. The number of carbonyl (C=O) groups excluding carboxylic acids is 1. The van der Waals surface area contributed by atoms with Gasteiger partial charge in [0.15, 0.2) is 0 Å². The van der Waals surface area contributed by atoms with E-state index >= 15 is 0 Å². The lowest BCUT2D eigenvalue weighted by molar-refractivity contribution is 0.0513. The molecule has 0 fully saturated rings. The van der Waals surface area contributed by atoms with Crippen LogP contribution in [0.5, 0.6) is 11.5 Å². The van der Waals surface area contributed by atoms with Crippen LogP contribution < -0.4 is 9.47 Å². The predicted molar refractivity (Wildman–Crippen MR) is 93.8 cm³/mol. The second-order valence-corrected chi connectivity index (χ2v) is 6.34. The minimum Gasteiger partial charge on any atom is -0.497 e. The molecule has 1 atom stereocenters. The molecule has 2 aromatic carbocycles. The van der Waals surface area contributed by atoms with E-state index in [1.54, 1.807) is 31.4 Å². The molecule has 0 amide bonds. The predicted octanol–water partition coefficient (Wildman–Crippen LogP) is 4.19. The Kier molecular flexibility index (Phi) is 4.85. The maximum absolute atomic E-state index is 12.1. The molecular weight excluding hydrogens is 374 g/mol. The Labute approximate surface area is 148 Å². The molecule has 0 radical (unpaired) electrons. The number of ether oxygens (including phenoxy) is 2. The van der Waals surface area contributed by atoms with E-state index in [0.717, 1.165) is 10.0 Å². The van der Waals surface area contributed by atoms with E-state index in [9.17, 15) is 4.79 Å². The molecule has 0 spiro atoms. The minimum absolute atomic E-state index is 0.0621. The molecule has 6 heteroatoms. The first-order valence-electron chi connectivity index (χ1n) is 7.45. The first-order valence-corrected chi connectivity index (χ1v) is 8.25. The van der Waals surface area contributed by atoms with Gasteiger partial charge in [0.2, 0.25) is 0 Å². The van der Waals surface area contributed by atoms with Crippen LogP contribution in [0.1, 0.15) is 29.3 Å². The molecule has 24 heavy (non-hydrogen) atoms. The number of methoxy groups -OCH3 is 1. The number of nitrogens with zero attached hydrogens (tertiary/aromatic N) is 1. The normalized spacial score (nSPS) is 17.8. The van der Waals surface area contributed by atoms with Gasteiger partial charge in [-0.2, -0.15) is 0 Å². The first kappa shape index (κ1) is 16.5. The van der Waals surface area contributed by atoms with Crippen LogP contribution >= 0.6 is 15.9 Å². The Balaban J connectivity index is 1.84. The minimum atomic E-state index is -0.502. The summed E-state index contributed by atoms with van der Waals surface area (Å²) >= 11 is 3.33. The van der Waals surface area contributed by atoms with Crippen molar-refractivity contribution in [3.63, 3.8) is 0 Å². The molecule has 1 unspecified atom stereocenters. The van der Waals surface area contributed by atoms with Gasteiger partial charge in [-0.3, -0.25) is 0 Å². The summed E-state index contributed by atoms with van der Waals surface area (Å²) < 4.78 is 11.8. The summed E-state index contributed by atoms with van der Waals surface area (Å²) in [6.07, 6.45) is 0.499. The standard InChI is InChI=1S/C18H16BrNO4/c1-11-8-16(15-7-6-14(22-2)10-17(15)23-11)20-24-18(21)12-4-3-5-13(19)9-12/h3-7,9-11H,8H2,1-2H3. The Morgan fingerprint density at radius 1 is 1.29 bits per heavy atom. The van der Waals surface area contributed by atoms with Crippen LogP contribution in [0.3, 0.4) is 0 Å². The molecule has 1 aliphatic rings. The van der Waals surface area contributed by atoms with E-state index in [2.05, 4.69) is 21.1 Å². The third kappa shape index (κ3) is 3.59. The van der Waals surface area contributed by atoms with Gasteiger partial charge in [0.1, 0.15) is 17.6 Å². The maximum atomic E-state index is 12.1. The van der Waals surface area contributed by atoms with Crippen molar-refractivity contribution in [2.24, 2.45) is 5.16 Å². The fourth-order valence-corrected chi connectivity index (χ4v) is 2.86. The van der Waals surface area contributed by atoms with Crippen LogP contribution in [0.15, 0.2) is 52.1 Å². The zero-order valence-electron chi connectivity index (χ0n) is 13.3. The second-order valence-electron chi connectivity index (χ2n) is 5.42. The van der Waals surface area contributed by atoms with Crippen molar-refractivity contribution in [2.75, 3.05) is 7.11 Å². The number of halogens is 1. The first-order chi connectivity index (χ1) is 11.6. The fourth-order valence-electron chi connectivity index (χ4n) is 2.46. The average molecular weight is 390 g/mol. The van der Waals surface area contributed by atoms with E-state index < -0.39 is 5.97 Å². The second kappa shape index (κ2) is 7.05. The monoisotopic (exact) mass is 389 g/mol. The molecule has 0 bridgehead atoms. The Bertz CT molecular complexity index is 803. The molecular formula is C18H16BrNO4. The highest BCUT2D eigenvalue weighted by molar-refractivity contribution is 9.10. The quantitative estimate of drug-likeness (QED) is 0.583. The third-order valence-corrected chi connectivity index (χ3v) is 4.10. The number of rotatable bonds is 3. The Hall–Kier alpha value is -2.34. The van der Waals surface area contributed by atoms with Gasteiger partial charge < -0.3 is 14.3 Å². The largest absolute Gasteiger partial charge is 0.497 e. The number of carbonyl (C=O) groups is 1. The van der Waals surface area contributed by atoms with Crippen LogP contribution in [0.2, 0.25) is 0 Å². The van der Waals surface area contributed by atoms with Crippen molar-refractivity contribution in [1.29, 1.82) is 0 Å². The molecule has 0 saturated carbocycles. The van der Waals surface area contributed by atoms with Crippen LogP contribution in [0.25, 0.3) is 0 Å². The molecule has 1 aliphatic heterocycles. The number of hydrogen-bond donors (Lipinski definition) is 0. The molecule has 1 heterocycles. The van der Waals surface area contributed by atoms with Gasteiger partial charge in [-0.1, -0.05) is 27.2 Å². The molecule has 0 aromatic heterocycles. The van der Waals surface area contributed by atoms with Crippen LogP contribution in [0, 0.1) is 0 Å². The summed E-state index contributed by atoms with van der Waals surface area (Å²) in [5.41, 5.74) is 1.91. The Morgan fingerprint density at radius 3 is 2.88 bits per heavy atom. The maximum Gasteiger partial charge on any atom is 0.365 e. The third-order valence-electron chi connectivity index (χ3n) is 3.61. The SMILES string of the molecule is COc1ccc2c(c1)OC(C)CC2=NOC(=O)c1cccc(Br)c1. The zero-order valence-corrected chi connectivity index (χ0v) is 14.9. The lowest BCUT2D eigenvalue weighted by atomic mass is 10.0. The summed E-state index contributed by atoms with van der Waals surface area (Å²) in [6.45, 7) is 1.94. The van der Waals surface area contributed by atoms with Gasteiger partial charge in [0.05, 0.1) is 18.4 Å². The summed E-state index contributed by atoms with van der Waals surface area (Å²) in [5.74, 6) is 0.872. The van der Waals surface area contributed by atoms with Gasteiger partial charge in [-0.15, -0.1) is 0 Å². The number of oxime groups is 1. The molecule has 5 nitrogen and oxygen atoms in total. The van der Waals surface area contributed by atoms with Crippen LogP contribution in [0.4, 0.5) is 0 Å². The van der Waals surface area contributed by atoms with Crippen molar-refractivity contribution >= 4 is 27.6 Å². The zero-order chi connectivity index (χ0) is 17.1. The summed E-state index contributed by atoms with van der Waals surface area (Å²) in [4.78, 5) is 17.3. The van der Waals surface area contributed by atoms with Crippen molar-refractivity contribution in [2.45, 2.75) is 19.4 Å². The average Bonchev–Trinajstić information content (AvgIpc) is 2.58. The van der Waals surface area contributed by atoms with Crippen LogP contribution in [-0.4, -0.2) is 24.9 Å². The Morgan fingerprint density at radius 2 is 2.12 bits per heavy atom. The van der Waals surface area contributed by atoms with E-state index in [-0.39, 0.29) is 6.10 Å². The van der Waals surface area contributed by atoms with Gasteiger partial charge >= 0.3 is 5.97 Å². The van der Waals surface area contributed by atoms with Crippen molar-refractivity contribution in [3.8, 4) is 11.5 Å². The van der Waals surface area contributed by atoms with Gasteiger partial charge in [0, 0.05) is 22.5 Å². The number of hydrogen-bond acceptors (Lipinski definition) is 5. The smallest absolute Gasteiger partial charge is 0.365 e. The molecule has 124 valence electrons. The lowest BCUT2D eigenvalue weighted by Gasteiger charge is -2.24. The highest BCUT2D eigenvalue weighted by Gasteiger charge is 2.23. The van der Waals surface area contributed by atoms with Crippen molar-refractivity contribution < 1.29 is 19.1 Å². The van der Waals surface area contributed by atoms with E-state index in [0.29, 0.717) is 29.2 Å². The molecule has 2 aromatic rings. The van der Waals surface area contributed by atoms with E-state index in [1.165, 1.54) is 0 Å². The lowest BCUT2D eigenvalue weighted by Crippen LogP contribution is -2.25. The molecule has 0 saturated heterocycles. The van der Waals surface area contributed by atoms with E-state index in [4.69, 9.17) is 14.3 Å². The van der Waals surface area contributed by atoms with Crippen LogP contribution in [-0.2, 0) is 4.84 Å². The molecule has 3 rings (SSSR count). The van der Waals surface area contributed by atoms with Gasteiger partial charge in [-0.05, 0) is 37.3 Å². The summed E-state index contributed by atoms with van der Waals surface area (Å²) in [5, 5.41) is 4.07. The van der Waals surface area contributed by atoms with Gasteiger partial charge in [0.25, 0.3) is 0 Å². The number of fused-ring (bicyclic) bond motifs is 1. The summed E-state index contributed by atoms with van der Waals surface area (Å²) in [6, 6.07) is 12.5. The molecule has 0 N–H and O–H groups in total. The van der Waals surface area contributed by atoms with Crippen molar-refractivity contribution in [3.05, 3.63) is 58.1 Å². The highest BCUT2D eigenvalue weighted by atomic mass is 79.9. The van der Waals surface area contributed by atoms with Gasteiger partial charge in [-0.25, -0.2) is 4.79 Å². The number of benzene rings is 2. The topological polar surface area (TPSA) is 57.1 Å². The molecule has 0 aliphatic carbocycles. The van der Waals surface area contributed by atoms with Crippen molar-refractivity contribution in [1.82, 2.24) is 0 Å². The fraction of sp³-hybridized carbons (Fsp3) is 0.222. The van der Waals surface area contributed by atoms with E-state index in [1.807, 2.05) is 25.1 Å². The highest BCUT2D eigenvalue weighted by Crippen LogP contribution is 2.31.